The van der Waals surface area contributed by atoms with Crippen molar-refractivity contribution in [2.24, 2.45) is 0 Å². The third-order valence-corrected chi connectivity index (χ3v) is 6.32. The van der Waals surface area contributed by atoms with Gasteiger partial charge in [-0.05, 0) is 51.5 Å². The van der Waals surface area contributed by atoms with Gasteiger partial charge >= 0.3 is 0 Å². The van der Waals surface area contributed by atoms with Gasteiger partial charge in [0.1, 0.15) is 5.75 Å². The minimum Gasteiger partial charge on any atom is -0.477 e. The maximum absolute atomic E-state index is 13.3. The smallest absolute Gasteiger partial charge is 0.265 e. The van der Waals surface area contributed by atoms with Gasteiger partial charge in [0.25, 0.3) is 5.91 Å². The molecule has 3 heterocycles. The first kappa shape index (κ1) is 17.6. The van der Waals surface area contributed by atoms with E-state index in [4.69, 9.17) is 4.74 Å². The lowest BCUT2D eigenvalue weighted by atomic mass is 9.86. The first-order valence-corrected chi connectivity index (χ1v) is 9.77. The number of fused-ring (bicyclic) bond motifs is 1. The molecule has 1 aromatic rings. The van der Waals surface area contributed by atoms with Crippen molar-refractivity contribution in [3.8, 4) is 5.75 Å². The van der Waals surface area contributed by atoms with E-state index >= 15 is 0 Å². The summed E-state index contributed by atoms with van der Waals surface area (Å²) < 4.78 is 6.10. The van der Waals surface area contributed by atoms with Gasteiger partial charge in [-0.3, -0.25) is 9.69 Å². The molecule has 1 spiro atoms. The highest BCUT2D eigenvalue weighted by atomic mass is 16.5. The summed E-state index contributed by atoms with van der Waals surface area (Å²) in [6.45, 7) is 5.36. The summed E-state index contributed by atoms with van der Waals surface area (Å²) in [5, 5.41) is 3.46. The summed E-state index contributed by atoms with van der Waals surface area (Å²) in [7, 11) is 4.26. The van der Waals surface area contributed by atoms with Crippen LogP contribution in [-0.4, -0.2) is 80.7 Å². The Morgan fingerprint density at radius 2 is 1.96 bits per heavy atom. The molecule has 0 aliphatic carbocycles. The number of para-hydroxylation sites is 2. The SMILES string of the molecule is CN1C[C@H](C(=O)N2CCCN(C)C3(CCNCC3)C2)Oc2ccccc21. The molecule has 4 rings (SSSR count). The van der Waals surface area contributed by atoms with Crippen LogP contribution in [0.15, 0.2) is 24.3 Å². The Morgan fingerprint density at radius 3 is 2.77 bits per heavy atom. The molecular weight excluding hydrogens is 328 g/mol. The van der Waals surface area contributed by atoms with Crippen molar-refractivity contribution < 1.29 is 9.53 Å². The van der Waals surface area contributed by atoms with Gasteiger partial charge in [-0.15, -0.1) is 0 Å². The summed E-state index contributed by atoms with van der Waals surface area (Å²) >= 11 is 0. The number of nitrogens with zero attached hydrogens (tertiary/aromatic N) is 3. The molecule has 1 aromatic carbocycles. The zero-order valence-corrected chi connectivity index (χ0v) is 15.9. The second kappa shape index (κ2) is 7.08. The second-order valence-electron chi connectivity index (χ2n) is 7.96. The number of benzene rings is 1. The first-order chi connectivity index (χ1) is 12.6. The Hall–Kier alpha value is -1.79. The van der Waals surface area contributed by atoms with E-state index in [-0.39, 0.29) is 11.4 Å². The molecule has 2 saturated heterocycles. The average Bonchev–Trinajstić information content (AvgIpc) is 2.81. The van der Waals surface area contributed by atoms with Crippen molar-refractivity contribution in [3.05, 3.63) is 24.3 Å². The van der Waals surface area contributed by atoms with Crippen molar-refractivity contribution in [2.75, 3.05) is 58.3 Å². The van der Waals surface area contributed by atoms with Crippen LogP contribution >= 0.6 is 0 Å². The molecule has 6 heteroatoms. The second-order valence-corrected chi connectivity index (χ2v) is 7.96. The quantitative estimate of drug-likeness (QED) is 0.817. The number of amides is 1. The van der Waals surface area contributed by atoms with E-state index in [1.54, 1.807) is 0 Å². The molecule has 3 aliphatic rings. The highest BCUT2D eigenvalue weighted by Crippen LogP contribution is 2.33. The molecule has 142 valence electrons. The lowest BCUT2D eigenvalue weighted by Gasteiger charge is -2.46. The van der Waals surface area contributed by atoms with Crippen LogP contribution in [0.2, 0.25) is 0 Å². The maximum Gasteiger partial charge on any atom is 0.265 e. The first-order valence-electron chi connectivity index (χ1n) is 9.77. The number of piperidine rings is 1. The minimum atomic E-state index is -0.419. The third kappa shape index (κ3) is 3.16. The number of hydrogen-bond donors (Lipinski definition) is 1. The monoisotopic (exact) mass is 358 g/mol. The summed E-state index contributed by atoms with van der Waals surface area (Å²) in [5.41, 5.74) is 1.16. The van der Waals surface area contributed by atoms with Crippen LogP contribution in [0.3, 0.4) is 0 Å². The molecule has 3 aliphatic heterocycles. The van der Waals surface area contributed by atoms with Crippen molar-refractivity contribution >= 4 is 11.6 Å². The van der Waals surface area contributed by atoms with Crippen LogP contribution in [0.5, 0.6) is 5.75 Å². The van der Waals surface area contributed by atoms with E-state index in [2.05, 4.69) is 27.1 Å². The molecule has 0 bridgehead atoms. The van der Waals surface area contributed by atoms with Gasteiger partial charge in [0.15, 0.2) is 6.10 Å². The Kier molecular flexibility index (Phi) is 4.80. The fourth-order valence-corrected chi connectivity index (χ4v) is 4.65. The Labute approximate surface area is 156 Å². The van der Waals surface area contributed by atoms with Gasteiger partial charge in [0, 0.05) is 32.2 Å². The van der Waals surface area contributed by atoms with E-state index in [0.717, 1.165) is 63.4 Å². The van der Waals surface area contributed by atoms with E-state index in [9.17, 15) is 4.79 Å². The molecule has 0 radical (unpaired) electrons. The standard InChI is InChI=1S/C20H30N4O2/c1-22-14-18(26-17-7-4-3-6-16(17)22)19(25)24-13-5-12-23(2)20(15-24)8-10-21-11-9-20/h3-4,6-7,18,21H,5,8-15H2,1-2H3/t18-/m1/s1. The predicted octanol–water partition coefficient (Wildman–Crippen LogP) is 1.17. The van der Waals surface area contributed by atoms with Gasteiger partial charge in [-0.25, -0.2) is 0 Å². The number of likely N-dealkylation sites (N-methyl/N-ethyl adjacent to an activating group) is 2. The molecule has 1 N–H and O–H groups in total. The Morgan fingerprint density at radius 1 is 1.19 bits per heavy atom. The molecule has 1 amide bonds. The van der Waals surface area contributed by atoms with E-state index < -0.39 is 6.10 Å². The molecule has 0 aromatic heterocycles. The van der Waals surface area contributed by atoms with E-state index in [0.29, 0.717) is 6.54 Å². The number of carbonyl (C=O) groups is 1. The van der Waals surface area contributed by atoms with Gasteiger partial charge < -0.3 is 19.9 Å². The summed E-state index contributed by atoms with van der Waals surface area (Å²) in [6.07, 6.45) is 2.80. The van der Waals surface area contributed by atoms with Gasteiger partial charge in [0.2, 0.25) is 0 Å². The molecule has 2 fully saturated rings. The fraction of sp³-hybridized carbons (Fsp3) is 0.650. The van der Waals surface area contributed by atoms with Crippen LogP contribution < -0.4 is 15.0 Å². The van der Waals surface area contributed by atoms with Crippen molar-refractivity contribution in [3.63, 3.8) is 0 Å². The fourth-order valence-electron chi connectivity index (χ4n) is 4.65. The van der Waals surface area contributed by atoms with Crippen LogP contribution in [0, 0.1) is 0 Å². The lowest BCUT2D eigenvalue weighted by Crippen LogP contribution is -2.59. The summed E-state index contributed by atoms with van der Waals surface area (Å²) in [5.74, 6) is 0.947. The summed E-state index contributed by atoms with van der Waals surface area (Å²) in [4.78, 5) is 20.0. The molecule has 0 unspecified atom stereocenters. The van der Waals surface area contributed by atoms with Crippen LogP contribution in [0.1, 0.15) is 19.3 Å². The molecular formula is C20H30N4O2. The maximum atomic E-state index is 13.3. The molecule has 6 nitrogen and oxygen atoms in total. The van der Waals surface area contributed by atoms with E-state index in [1.807, 2.05) is 31.3 Å². The lowest BCUT2D eigenvalue weighted by molar-refractivity contribution is -0.140. The summed E-state index contributed by atoms with van der Waals surface area (Å²) in [6, 6.07) is 7.97. The van der Waals surface area contributed by atoms with Crippen molar-refractivity contribution in [1.29, 1.82) is 0 Å². The van der Waals surface area contributed by atoms with Crippen molar-refractivity contribution in [2.45, 2.75) is 30.9 Å². The number of nitrogens with one attached hydrogen (secondary N) is 1. The number of carbonyl (C=O) groups excluding carboxylic acids is 1. The Bertz CT molecular complexity index is 659. The highest BCUT2D eigenvalue weighted by Gasteiger charge is 2.42. The normalized spacial score (nSPS) is 26.2. The Balaban J connectivity index is 1.52. The molecule has 0 saturated carbocycles. The van der Waals surface area contributed by atoms with Crippen LogP contribution in [-0.2, 0) is 4.79 Å². The van der Waals surface area contributed by atoms with Crippen LogP contribution in [0.25, 0.3) is 0 Å². The number of ether oxygens (including phenoxy) is 1. The van der Waals surface area contributed by atoms with Crippen molar-refractivity contribution in [1.82, 2.24) is 15.1 Å². The topological polar surface area (TPSA) is 48.1 Å². The largest absolute Gasteiger partial charge is 0.477 e. The van der Waals surface area contributed by atoms with Gasteiger partial charge in [-0.2, -0.15) is 0 Å². The van der Waals surface area contributed by atoms with Crippen LogP contribution in [0.4, 0.5) is 5.69 Å². The third-order valence-electron chi connectivity index (χ3n) is 6.32. The number of hydrogen-bond acceptors (Lipinski definition) is 5. The average molecular weight is 358 g/mol. The van der Waals surface area contributed by atoms with Gasteiger partial charge in [-0.1, -0.05) is 12.1 Å². The zero-order valence-electron chi connectivity index (χ0n) is 15.9. The minimum absolute atomic E-state index is 0.107. The van der Waals surface area contributed by atoms with E-state index in [1.165, 1.54) is 0 Å². The number of anilines is 1. The highest BCUT2D eigenvalue weighted by molar-refractivity contribution is 5.83. The molecule has 26 heavy (non-hydrogen) atoms. The zero-order chi connectivity index (χ0) is 18.1. The molecule has 1 atom stereocenters. The number of rotatable bonds is 1. The predicted molar refractivity (Wildman–Crippen MR) is 103 cm³/mol. The van der Waals surface area contributed by atoms with Gasteiger partial charge in [0.05, 0.1) is 12.2 Å².